The van der Waals surface area contributed by atoms with Crippen molar-refractivity contribution in [2.75, 3.05) is 13.6 Å². The molecule has 0 saturated heterocycles. The lowest BCUT2D eigenvalue weighted by Crippen LogP contribution is -2.39. The summed E-state index contributed by atoms with van der Waals surface area (Å²) in [4.78, 5) is 14.0. The largest absolute Gasteiger partial charge is 0.344 e. The van der Waals surface area contributed by atoms with Gasteiger partial charge in [-0.25, -0.2) is 0 Å². The van der Waals surface area contributed by atoms with E-state index < -0.39 is 0 Å². The number of likely N-dealkylation sites (N-methyl/N-ethyl adjacent to an activating group) is 1. The molecule has 1 aromatic carbocycles. The van der Waals surface area contributed by atoms with Crippen LogP contribution < -0.4 is 5.73 Å². The highest BCUT2D eigenvalue weighted by molar-refractivity contribution is 5.83. The molecule has 1 rings (SSSR count). The lowest BCUT2D eigenvalue weighted by molar-refractivity contribution is -0.131. The average Bonchev–Trinajstić information content (AvgIpc) is 2.30. The molecule has 3 nitrogen and oxygen atoms in total. The molecular weight excluding hydrogens is 212 g/mol. The second-order valence-corrected chi connectivity index (χ2v) is 4.57. The second kappa shape index (κ2) is 6.40. The number of hydrogen-bond acceptors (Lipinski definition) is 2. The normalized spacial score (nSPS) is 14.1. The maximum absolute atomic E-state index is 12.3. The summed E-state index contributed by atoms with van der Waals surface area (Å²) >= 11 is 0. The Bertz CT molecular complexity index is 348. The SMILES string of the molecule is CCC(C(=O)N(C)CC(C)N)c1ccccc1. The molecule has 2 atom stereocenters. The van der Waals surface area contributed by atoms with E-state index in [4.69, 9.17) is 5.73 Å². The van der Waals surface area contributed by atoms with Gasteiger partial charge in [-0.3, -0.25) is 4.79 Å². The Morgan fingerprint density at radius 1 is 1.35 bits per heavy atom. The maximum atomic E-state index is 12.3. The number of hydrogen-bond donors (Lipinski definition) is 1. The third-order valence-electron chi connectivity index (χ3n) is 2.85. The molecule has 0 heterocycles. The van der Waals surface area contributed by atoms with Crippen molar-refractivity contribution in [1.82, 2.24) is 4.90 Å². The van der Waals surface area contributed by atoms with Crippen LogP contribution in [0.25, 0.3) is 0 Å². The maximum Gasteiger partial charge on any atom is 0.229 e. The highest BCUT2D eigenvalue weighted by atomic mass is 16.2. The fourth-order valence-electron chi connectivity index (χ4n) is 2.03. The number of benzene rings is 1. The van der Waals surface area contributed by atoms with Crippen LogP contribution in [0.1, 0.15) is 31.7 Å². The number of nitrogens with zero attached hydrogens (tertiary/aromatic N) is 1. The number of carbonyl (C=O) groups excluding carboxylic acids is 1. The molecular formula is C14H22N2O. The van der Waals surface area contributed by atoms with Gasteiger partial charge in [0.25, 0.3) is 0 Å². The minimum atomic E-state index is -0.0556. The van der Waals surface area contributed by atoms with Crippen LogP contribution in [-0.2, 0) is 4.79 Å². The van der Waals surface area contributed by atoms with E-state index in [1.54, 1.807) is 4.90 Å². The lowest BCUT2D eigenvalue weighted by atomic mass is 9.95. The van der Waals surface area contributed by atoms with Gasteiger partial charge in [-0.1, -0.05) is 37.3 Å². The molecule has 0 aliphatic heterocycles. The van der Waals surface area contributed by atoms with E-state index in [9.17, 15) is 4.79 Å². The van der Waals surface area contributed by atoms with Crippen molar-refractivity contribution in [3.63, 3.8) is 0 Å². The Kier molecular flexibility index (Phi) is 5.16. The fraction of sp³-hybridized carbons (Fsp3) is 0.500. The summed E-state index contributed by atoms with van der Waals surface area (Å²) in [5, 5.41) is 0. The molecule has 94 valence electrons. The van der Waals surface area contributed by atoms with E-state index in [1.165, 1.54) is 0 Å². The summed E-state index contributed by atoms with van der Waals surface area (Å²) in [6.45, 7) is 4.55. The first-order chi connectivity index (χ1) is 8.06. The van der Waals surface area contributed by atoms with Crippen molar-refractivity contribution in [1.29, 1.82) is 0 Å². The molecule has 0 bridgehead atoms. The van der Waals surface area contributed by atoms with Crippen molar-refractivity contribution in [2.24, 2.45) is 5.73 Å². The quantitative estimate of drug-likeness (QED) is 0.847. The van der Waals surface area contributed by atoms with E-state index in [0.29, 0.717) is 6.54 Å². The zero-order valence-electron chi connectivity index (χ0n) is 10.9. The zero-order valence-corrected chi connectivity index (χ0v) is 10.9. The predicted octanol–water partition coefficient (Wildman–Crippen LogP) is 1.99. The van der Waals surface area contributed by atoms with Crippen LogP contribution in [0.4, 0.5) is 0 Å². The Balaban J connectivity index is 2.78. The molecule has 1 amide bonds. The summed E-state index contributed by atoms with van der Waals surface area (Å²) in [6.07, 6.45) is 0.812. The molecule has 2 unspecified atom stereocenters. The molecule has 0 aliphatic rings. The molecule has 0 aromatic heterocycles. The summed E-state index contributed by atoms with van der Waals surface area (Å²) in [5.74, 6) is 0.0935. The third-order valence-corrected chi connectivity index (χ3v) is 2.85. The van der Waals surface area contributed by atoms with E-state index >= 15 is 0 Å². The molecule has 17 heavy (non-hydrogen) atoms. The first-order valence-electron chi connectivity index (χ1n) is 6.11. The summed E-state index contributed by atoms with van der Waals surface area (Å²) in [5.41, 5.74) is 6.80. The lowest BCUT2D eigenvalue weighted by Gasteiger charge is -2.24. The highest BCUT2D eigenvalue weighted by Gasteiger charge is 2.22. The monoisotopic (exact) mass is 234 g/mol. The topological polar surface area (TPSA) is 46.3 Å². The fourth-order valence-corrected chi connectivity index (χ4v) is 2.03. The van der Waals surface area contributed by atoms with Crippen molar-refractivity contribution in [3.8, 4) is 0 Å². The molecule has 2 N–H and O–H groups in total. The second-order valence-electron chi connectivity index (χ2n) is 4.57. The van der Waals surface area contributed by atoms with Gasteiger partial charge in [0.15, 0.2) is 0 Å². The van der Waals surface area contributed by atoms with Crippen LogP contribution in [0, 0.1) is 0 Å². The minimum Gasteiger partial charge on any atom is -0.344 e. The summed E-state index contributed by atoms with van der Waals surface area (Å²) < 4.78 is 0. The molecule has 0 saturated carbocycles. The Morgan fingerprint density at radius 2 is 1.94 bits per heavy atom. The first-order valence-corrected chi connectivity index (χ1v) is 6.11. The van der Waals surface area contributed by atoms with Gasteiger partial charge >= 0.3 is 0 Å². The predicted molar refractivity (Wildman–Crippen MR) is 70.8 cm³/mol. The highest BCUT2D eigenvalue weighted by Crippen LogP contribution is 2.21. The Labute approximate surface area is 104 Å². The minimum absolute atomic E-state index is 0.0113. The van der Waals surface area contributed by atoms with Crippen LogP contribution in [0.3, 0.4) is 0 Å². The van der Waals surface area contributed by atoms with Gasteiger partial charge in [-0.05, 0) is 18.9 Å². The number of carbonyl (C=O) groups is 1. The molecule has 1 aromatic rings. The average molecular weight is 234 g/mol. The van der Waals surface area contributed by atoms with Gasteiger partial charge in [0.1, 0.15) is 0 Å². The van der Waals surface area contributed by atoms with Gasteiger partial charge in [0.05, 0.1) is 5.92 Å². The van der Waals surface area contributed by atoms with Crippen molar-refractivity contribution in [2.45, 2.75) is 32.2 Å². The van der Waals surface area contributed by atoms with E-state index in [2.05, 4.69) is 0 Å². The van der Waals surface area contributed by atoms with Crippen molar-refractivity contribution >= 4 is 5.91 Å². The van der Waals surface area contributed by atoms with Gasteiger partial charge in [0, 0.05) is 19.6 Å². The van der Waals surface area contributed by atoms with Gasteiger partial charge in [-0.2, -0.15) is 0 Å². The van der Waals surface area contributed by atoms with E-state index in [0.717, 1.165) is 12.0 Å². The molecule has 0 radical (unpaired) electrons. The number of rotatable bonds is 5. The van der Waals surface area contributed by atoms with Gasteiger partial charge < -0.3 is 10.6 Å². The van der Waals surface area contributed by atoms with Crippen LogP contribution in [0.2, 0.25) is 0 Å². The molecule has 3 heteroatoms. The zero-order chi connectivity index (χ0) is 12.8. The number of nitrogens with two attached hydrogens (primary N) is 1. The third kappa shape index (κ3) is 3.86. The van der Waals surface area contributed by atoms with Crippen LogP contribution in [0.15, 0.2) is 30.3 Å². The smallest absolute Gasteiger partial charge is 0.229 e. The van der Waals surface area contributed by atoms with Crippen LogP contribution >= 0.6 is 0 Å². The standard InChI is InChI=1S/C14H22N2O/c1-4-13(12-8-6-5-7-9-12)14(17)16(3)10-11(2)15/h5-9,11,13H,4,10,15H2,1-3H3. The van der Waals surface area contributed by atoms with Crippen molar-refractivity contribution in [3.05, 3.63) is 35.9 Å². The van der Waals surface area contributed by atoms with Crippen molar-refractivity contribution < 1.29 is 4.79 Å². The van der Waals surface area contributed by atoms with Crippen LogP contribution in [-0.4, -0.2) is 30.4 Å². The molecule has 0 fully saturated rings. The van der Waals surface area contributed by atoms with E-state index in [1.807, 2.05) is 51.2 Å². The molecule has 0 spiro atoms. The number of amides is 1. The van der Waals surface area contributed by atoms with Gasteiger partial charge in [-0.15, -0.1) is 0 Å². The van der Waals surface area contributed by atoms with E-state index in [-0.39, 0.29) is 17.9 Å². The Morgan fingerprint density at radius 3 is 2.41 bits per heavy atom. The Hall–Kier alpha value is -1.35. The molecule has 0 aliphatic carbocycles. The van der Waals surface area contributed by atoms with Crippen LogP contribution in [0.5, 0.6) is 0 Å². The first kappa shape index (κ1) is 13.7. The summed E-state index contributed by atoms with van der Waals surface area (Å²) in [7, 11) is 1.82. The summed E-state index contributed by atoms with van der Waals surface area (Å²) in [6, 6.07) is 9.93. The van der Waals surface area contributed by atoms with Gasteiger partial charge in [0.2, 0.25) is 5.91 Å².